The van der Waals surface area contributed by atoms with Crippen molar-refractivity contribution in [1.29, 1.82) is 0 Å². The standard InChI is InChI=1S/C9H20.C7H13NO.C2H6/c1-4-6-7-8-9(3)5-2;1-7(9)5-4-6-8(2)3;1-2/h9H,4-8H2,1-3H3;4-5H,6H2,1-3H3;1-2H3/b;5-4+;. The van der Waals surface area contributed by atoms with Crippen LogP contribution in [0.25, 0.3) is 0 Å². The first kappa shape index (κ1) is 24.4. The van der Waals surface area contributed by atoms with Crippen molar-refractivity contribution in [3.8, 4) is 0 Å². The van der Waals surface area contributed by atoms with Crippen molar-refractivity contribution < 1.29 is 4.79 Å². The highest BCUT2D eigenvalue weighted by molar-refractivity contribution is 5.87. The Morgan fingerprint density at radius 1 is 1.15 bits per heavy atom. The summed E-state index contributed by atoms with van der Waals surface area (Å²) in [4.78, 5) is 12.3. The quantitative estimate of drug-likeness (QED) is 0.443. The summed E-state index contributed by atoms with van der Waals surface area (Å²) in [5, 5.41) is 0. The maximum Gasteiger partial charge on any atom is 0.152 e. The summed E-state index contributed by atoms with van der Waals surface area (Å²) in [6, 6.07) is 0. The van der Waals surface area contributed by atoms with Gasteiger partial charge in [-0.2, -0.15) is 0 Å². The summed E-state index contributed by atoms with van der Waals surface area (Å²) >= 11 is 0. The predicted molar refractivity (Wildman–Crippen MR) is 93.3 cm³/mol. The van der Waals surface area contributed by atoms with Crippen molar-refractivity contribution >= 4 is 5.78 Å². The lowest BCUT2D eigenvalue weighted by Gasteiger charge is -2.05. The summed E-state index contributed by atoms with van der Waals surface area (Å²) in [6.45, 7) is 13.3. The highest BCUT2D eigenvalue weighted by Gasteiger charge is 1.95. The van der Waals surface area contributed by atoms with Gasteiger partial charge >= 0.3 is 0 Å². The molecule has 0 saturated carbocycles. The van der Waals surface area contributed by atoms with E-state index in [9.17, 15) is 4.79 Å². The van der Waals surface area contributed by atoms with Gasteiger partial charge in [0.25, 0.3) is 0 Å². The fraction of sp³-hybridized carbons (Fsp3) is 0.833. The number of rotatable bonds is 8. The molecule has 0 bridgehead atoms. The second-order valence-electron chi connectivity index (χ2n) is 5.28. The lowest BCUT2D eigenvalue weighted by molar-refractivity contribution is -0.112. The molecule has 0 N–H and O–H groups in total. The molecule has 122 valence electrons. The summed E-state index contributed by atoms with van der Waals surface area (Å²) in [5.74, 6) is 1.06. The molecule has 1 unspecified atom stereocenters. The van der Waals surface area contributed by atoms with Gasteiger partial charge in [0, 0.05) is 6.54 Å². The SMILES string of the molecule is CC.CC(=O)/C=C/CN(C)C.CCCCCC(C)CC. The van der Waals surface area contributed by atoms with E-state index < -0.39 is 0 Å². The second-order valence-corrected chi connectivity index (χ2v) is 5.28. The largest absolute Gasteiger partial charge is 0.306 e. The van der Waals surface area contributed by atoms with E-state index in [1.807, 2.05) is 38.9 Å². The Bertz CT molecular complexity index is 209. The van der Waals surface area contributed by atoms with Crippen molar-refractivity contribution in [2.24, 2.45) is 5.92 Å². The molecule has 0 aromatic heterocycles. The second kappa shape index (κ2) is 20.7. The molecule has 0 fully saturated rings. The van der Waals surface area contributed by atoms with E-state index in [-0.39, 0.29) is 5.78 Å². The van der Waals surface area contributed by atoms with Crippen molar-refractivity contribution in [3.63, 3.8) is 0 Å². The first-order valence-corrected chi connectivity index (χ1v) is 8.25. The van der Waals surface area contributed by atoms with Crippen LogP contribution in [0.4, 0.5) is 0 Å². The fourth-order valence-electron chi connectivity index (χ4n) is 1.38. The van der Waals surface area contributed by atoms with Crippen molar-refractivity contribution in [1.82, 2.24) is 4.90 Å². The maximum atomic E-state index is 10.3. The molecule has 0 amide bonds. The van der Waals surface area contributed by atoms with Crippen LogP contribution in [0.5, 0.6) is 0 Å². The predicted octanol–water partition coefficient (Wildman–Crippen LogP) is 5.33. The number of unbranched alkanes of at least 4 members (excludes halogenated alkanes) is 2. The number of carbonyl (C=O) groups excluding carboxylic acids is 1. The fourth-order valence-corrected chi connectivity index (χ4v) is 1.38. The zero-order valence-electron chi connectivity index (χ0n) is 15.3. The Kier molecular flexibility index (Phi) is 25.2. The number of allylic oxidation sites excluding steroid dienone is 1. The molecule has 20 heavy (non-hydrogen) atoms. The van der Waals surface area contributed by atoms with Crippen LogP contribution in [0.1, 0.15) is 73.6 Å². The summed E-state index contributed by atoms with van der Waals surface area (Å²) in [7, 11) is 3.93. The van der Waals surface area contributed by atoms with E-state index in [1.54, 1.807) is 13.0 Å². The van der Waals surface area contributed by atoms with E-state index in [2.05, 4.69) is 20.8 Å². The first-order chi connectivity index (χ1) is 9.43. The summed E-state index contributed by atoms with van der Waals surface area (Å²) < 4.78 is 0. The van der Waals surface area contributed by atoms with E-state index in [0.29, 0.717) is 0 Å². The van der Waals surface area contributed by atoms with Gasteiger partial charge in [-0.05, 0) is 33.0 Å². The Hall–Kier alpha value is -0.630. The van der Waals surface area contributed by atoms with Gasteiger partial charge in [-0.1, -0.05) is 72.8 Å². The highest BCUT2D eigenvalue weighted by atomic mass is 16.1. The molecule has 0 aliphatic heterocycles. The number of likely N-dealkylation sites (N-methyl/N-ethyl adjacent to an activating group) is 1. The number of ketones is 1. The van der Waals surface area contributed by atoms with E-state index in [0.717, 1.165) is 12.5 Å². The monoisotopic (exact) mass is 285 g/mol. The number of hydrogen-bond donors (Lipinski definition) is 0. The molecule has 0 saturated heterocycles. The molecule has 1 atom stereocenters. The minimum absolute atomic E-state index is 0.108. The zero-order chi connectivity index (χ0) is 16.4. The molecule has 0 radical (unpaired) electrons. The van der Waals surface area contributed by atoms with E-state index in [1.165, 1.54) is 32.1 Å². The third kappa shape index (κ3) is 30.4. The smallest absolute Gasteiger partial charge is 0.152 e. The molecule has 2 heteroatoms. The summed E-state index contributed by atoms with van der Waals surface area (Å²) in [6.07, 6.45) is 10.4. The van der Waals surface area contributed by atoms with Gasteiger partial charge in [-0.3, -0.25) is 4.79 Å². The van der Waals surface area contributed by atoms with Crippen LogP contribution in [0, 0.1) is 5.92 Å². The maximum absolute atomic E-state index is 10.3. The summed E-state index contributed by atoms with van der Waals surface area (Å²) in [5.41, 5.74) is 0. The third-order valence-corrected chi connectivity index (χ3v) is 2.82. The van der Waals surface area contributed by atoms with E-state index >= 15 is 0 Å². The van der Waals surface area contributed by atoms with Gasteiger partial charge in [0.05, 0.1) is 0 Å². The molecule has 0 heterocycles. The lowest BCUT2D eigenvalue weighted by atomic mass is 10.0. The van der Waals surface area contributed by atoms with Gasteiger partial charge in [0.2, 0.25) is 0 Å². The molecule has 2 nitrogen and oxygen atoms in total. The number of carbonyl (C=O) groups is 1. The molecule has 0 rings (SSSR count). The van der Waals surface area contributed by atoms with Crippen molar-refractivity contribution in [3.05, 3.63) is 12.2 Å². The van der Waals surface area contributed by atoms with Crippen LogP contribution >= 0.6 is 0 Å². The van der Waals surface area contributed by atoms with Crippen LogP contribution in [-0.2, 0) is 4.79 Å². The van der Waals surface area contributed by atoms with Crippen LogP contribution in [0.3, 0.4) is 0 Å². The van der Waals surface area contributed by atoms with Gasteiger partial charge in [0.15, 0.2) is 5.78 Å². The van der Waals surface area contributed by atoms with Crippen LogP contribution in [0.15, 0.2) is 12.2 Å². The average molecular weight is 286 g/mol. The van der Waals surface area contributed by atoms with Gasteiger partial charge < -0.3 is 4.90 Å². The number of hydrogen-bond acceptors (Lipinski definition) is 2. The molecule has 0 aliphatic rings. The highest BCUT2D eigenvalue weighted by Crippen LogP contribution is 2.11. The molecular formula is C18H39NO. The van der Waals surface area contributed by atoms with Crippen LogP contribution in [-0.4, -0.2) is 31.3 Å². The average Bonchev–Trinajstić information content (AvgIpc) is 2.41. The van der Waals surface area contributed by atoms with Crippen molar-refractivity contribution in [2.75, 3.05) is 20.6 Å². The number of nitrogens with zero attached hydrogens (tertiary/aromatic N) is 1. The van der Waals surface area contributed by atoms with Crippen molar-refractivity contribution in [2.45, 2.75) is 73.6 Å². The Morgan fingerprint density at radius 3 is 2.05 bits per heavy atom. The Balaban J connectivity index is -0.000000257. The molecule has 0 aliphatic carbocycles. The molecule has 0 aromatic carbocycles. The van der Waals surface area contributed by atoms with E-state index in [4.69, 9.17) is 0 Å². The van der Waals surface area contributed by atoms with Crippen LogP contribution in [0.2, 0.25) is 0 Å². The topological polar surface area (TPSA) is 20.3 Å². The molecular weight excluding hydrogens is 246 g/mol. The minimum atomic E-state index is 0.108. The minimum Gasteiger partial charge on any atom is -0.306 e. The van der Waals surface area contributed by atoms with Gasteiger partial charge in [-0.15, -0.1) is 0 Å². The Morgan fingerprint density at radius 2 is 1.70 bits per heavy atom. The Labute approximate surface area is 128 Å². The van der Waals surface area contributed by atoms with Gasteiger partial charge in [0.1, 0.15) is 0 Å². The van der Waals surface area contributed by atoms with Crippen LogP contribution < -0.4 is 0 Å². The first-order valence-electron chi connectivity index (χ1n) is 8.25. The van der Waals surface area contributed by atoms with Gasteiger partial charge in [-0.25, -0.2) is 0 Å². The molecule has 0 spiro atoms. The molecule has 0 aromatic rings. The normalized spacial score (nSPS) is 11.4. The zero-order valence-corrected chi connectivity index (χ0v) is 15.3. The lowest BCUT2D eigenvalue weighted by Crippen LogP contribution is -2.10. The third-order valence-electron chi connectivity index (χ3n) is 2.82.